The van der Waals surface area contributed by atoms with E-state index in [4.69, 9.17) is 4.74 Å². The number of ether oxygens (including phenoxy) is 1. The summed E-state index contributed by atoms with van der Waals surface area (Å²) >= 11 is 0. The van der Waals surface area contributed by atoms with E-state index in [0.29, 0.717) is 33.9 Å². The van der Waals surface area contributed by atoms with E-state index in [1.165, 1.54) is 29.2 Å². The van der Waals surface area contributed by atoms with Gasteiger partial charge in [0.2, 0.25) is 0 Å². The zero-order valence-electron chi connectivity index (χ0n) is 33.8. The van der Waals surface area contributed by atoms with Crippen molar-refractivity contribution in [3.05, 3.63) is 112 Å². The van der Waals surface area contributed by atoms with E-state index < -0.39 is 52.6 Å². The van der Waals surface area contributed by atoms with Crippen LogP contribution in [-0.4, -0.2) is 106 Å². The summed E-state index contributed by atoms with van der Waals surface area (Å²) in [5, 5.41) is 16.8. The molecule has 0 unspecified atom stereocenters. The molecule has 5 aromatic rings. The predicted octanol–water partition coefficient (Wildman–Crippen LogP) is 6.10. The number of hydrogen-bond acceptors (Lipinski definition) is 10. The number of benzene rings is 5. The zero-order valence-corrected chi connectivity index (χ0v) is 33.8. The maximum Gasteiger partial charge on any atom is 0.281 e. The topological polar surface area (TPSA) is 151 Å². The van der Waals surface area contributed by atoms with Crippen LogP contribution in [0.25, 0.3) is 21.5 Å². The Kier molecular flexibility index (Phi) is 8.11. The van der Waals surface area contributed by atoms with Crippen LogP contribution < -0.4 is 14.5 Å². The van der Waals surface area contributed by atoms with Gasteiger partial charge < -0.3 is 14.5 Å². The largest absolute Gasteiger partial charge is 0.497 e. The van der Waals surface area contributed by atoms with Gasteiger partial charge in [0.05, 0.1) is 29.4 Å². The van der Waals surface area contributed by atoms with Gasteiger partial charge in [-0.05, 0) is 107 Å². The van der Waals surface area contributed by atoms with Crippen molar-refractivity contribution in [3.63, 3.8) is 0 Å². The summed E-state index contributed by atoms with van der Waals surface area (Å²) in [5.41, 5.74) is 0.798. The van der Waals surface area contributed by atoms with Gasteiger partial charge in [0, 0.05) is 87.3 Å². The van der Waals surface area contributed by atoms with Crippen molar-refractivity contribution >= 4 is 68.4 Å². The third-order valence-corrected chi connectivity index (χ3v) is 13.0. The number of piperidine rings is 1. The molecular weight excluding hydrogens is 765 g/mol. The fourth-order valence-electron chi connectivity index (χ4n) is 10.3. The molecule has 0 saturated carbocycles. The van der Waals surface area contributed by atoms with Crippen molar-refractivity contribution in [2.75, 3.05) is 43.1 Å². The molecule has 0 atom stereocenters. The van der Waals surface area contributed by atoms with Crippen molar-refractivity contribution in [2.45, 2.75) is 57.7 Å². The summed E-state index contributed by atoms with van der Waals surface area (Å²) in [5.74, 6) is -3.91. The van der Waals surface area contributed by atoms with Crippen LogP contribution in [0, 0.1) is 0 Å². The van der Waals surface area contributed by atoms with E-state index in [2.05, 4.69) is 9.80 Å². The molecule has 60 heavy (non-hydrogen) atoms. The number of methoxy groups -OCH3 is 1. The molecule has 0 spiro atoms. The minimum Gasteiger partial charge on any atom is -0.497 e. The van der Waals surface area contributed by atoms with Gasteiger partial charge in [-0.25, -0.2) is 0 Å². The molecule has 0 bridgehead atoms. The highest BCUT2D eigenvalue weighted by Gasteiger charge is 2.52. The molecule has 5 aliphatic heterocycles. The Labute approximate surface area is 345 Å². The Morgan fingerprint density at radius 1 is 0.517 bits per heavy atom. The summed E-state index contributed by atoms with van der Waals surface area (Å²) in [6.07, 6.45) is 0.521. The highest BCUT2D eigenvalue weighted by atomic mass is 16.5. The summed E-state index contributed by atoms with van der Waals surface area (Å²) < 4.78 is 5.31. The van der Waals surface area contributed by atoms with Crippen LogP contribution in [0.5, 0.6) is 5.75 Å². The Balaban J connectivity index is 0.963. The lowest BCUT2D eigenvalue weighted by Crippen LogP contribution is -2.64. The van der Waals surface area contributed by atoms with Crippen LogP contribution >= 0.6 is 0 Å². The van der Waals surface area contributed by atoms with Gasteiger partial charge in [-0.1, -0.05) is 12.1 Å². The van der Waals surface area contributed by atoms with Gasteiger partial charge in [0.25, 0.3) is 35.4 Å². The number of anilines is 2. The number of carbonyl (C=O) groups is 6. The van der Waals surface area contributed by atoms with E-state index in [9.17, 15) is 34.0 Å². The van der Waals surface area contributed by atoms with Gasteiger partial charge in [0.1, 0.15) is 5.75 Å². The van der Waals surface area contributed by atoms with Gasteiger partial charge in [-0.2, -0.15) is 10.0 Å². The maximum absolute atomic E-state index is 14.5. The second kappa shape index (κ2) is 12.9. The van der Waals surface area contributed by atoms with Crippen molar-refractivity contribution in [1.82, 2.24) is 20.0 Å². The SMILES string of the molecule is COc1ccc(N2CCN(c3ccc4c5c(cccc35)C(=O)N(N3C(=O)c5ccc6c7c(ccc(c57)C3=O)C(=O)N(C3CC(C)(C)N([O])C(C)(C)C3)C6=O)C4=O)CC2)cc1. The number of piperazine rings is 1. The van der Waals surface area contributed by atoms with E-state index >= 15 is 0 Å². The first-order valence-electron chi connectivity index (χ1n) is 20.0. The Hall–Kier alpha value is -6.64. The normalized spacial score (nSPS) is 20.3. The molecule has 6 amide bonds. The third kappa shape index (κ3) is 5.19. The van der Waals surface area contributed by atoms with E-state index in [1.54, 1.807) is 53.0 Å². The molecule has 14 nitrogen and oxygen atoms in total. The Bertz CT molecular complexity index is 2680. The highest BCUT2D eigenvalue weighted by Crippen LogP contribution is 2.45. The first-order valence-corrected chi connectivity index (χ1v) is 20.0. The van der Waals surface area contributed by atoms with Gasteiger partial charge in [0.15, 0.2) is 0 Å². The monoisotopic (exact) mass is 805 g/mol. The zero-order chi connectivity index (χ0) is 42.2. The molecule has 1 radical (unpaired) electrons. The highest BCUT2D eigenvalue weighted by molar-refractivity contribution is 6.35. The predicted molar refractivity (Wildman–Crippen MR) is 221 cm³/mol. The molecule has 2 saturated heterocycles. The maximum atomic E-state index is 14.5. The second-order valence-corrected chi connectivity index (χ2v) is 17.4. The lowest BCUT2D eigenvalue weighted by Gasteiger charge is -2.52. The summed E-state index contributed by atoms with van der Waals surface area (Å²) in [6.45, 7) is 10.0. The lowest BCUT2D eigenvalue weighted by atomic mass is 9.77. The average Bonchev–Trinajstić information content (AvgIpc) is 3.24. The van der Waals surface area contributed by atoms with Crippen molar-refractivity contribution < 1.29 is 38.7 Å². The van der Waals surface area contributed by atoms with Gasteiger partial charge in [-0.15, -0.1) is 10.3 Å². The summed E-state index contributed by atoms with van der Waals surface area (Å²) in [7, 11) is 1.64. The first kappa shape index (κ1) is 37.6. The second-order valence-electron chi connectivity index (χ2n) is 17.4. The number of hydrazine groups is 1. The number of amides is 6. The van der Waals surface area contributed by atoms with Crippen LogP contribution in [0.15, 0.2) is 78.9 Å². The van der Waals surface area contributed by atoms with Crippen LogP contribution in [0.3, 0.4) is 0 Å². The number of imide groups is 3. The van der Waals surface area contributed by atoms with Crippen LogP contribution in [0.4, 0.5) is 11.4 Å². The fourth-order valence-corrected chi connectivity index (χ4v) is 10.3. The molecule has 5 aliphatic rings. The number of carbonyl (C=O) groups excluding carboxylic acids is 6. The summed E-state index contributed by atoms with van der Waals surface area (Å²) in [4.78, 5) is 92.1. The molecule has 5 heterocycles. The third-order valence-electron chi connectivity index (χ3n) is 13.0. The number of nitrogens with zero attached hydrogens (tertiary/aromatic N) is 6. The molecule has 2 fully saturated rings. The lowest BCUT2D eigenvalue weighted by molar-refractivity contribution is -0.292. The standard InChI is InChI=1S/C46H41N6O8/c1-45(2)23-26(24-46(3,4)52(45)59)49-39(53)31-13-15-33-38-34(16-14-32(37(31)38)40(49)54)44(58)51(43(33)57)50-41(55)29-8-6-7-28-35(18-17-30(36(28)29)42(50)56)48-21-19-47(20-22-48)25-9-11-27(60-5)12-10-25/h6-18,26H,19-24H2,1-5H3. The molecule has 14 heteroatoms. The number of rotatable bonds is 5. The molecule has 0 aromatic heterocycles. The van der Waals surface area contributed by atoms with Crippen molar-refractivity contribution in [3.8, 4) is 5.75 Å². The smallest absolute Gasteiger partial charge is 0.281 e. The molecule has 303 valence electrons. The van der Waals surface area contributed by atoms with Gasteiger partial charge in [-0.3, -0.25) is 33.7 Å². The Morgan fingerprint density at radius 3 is 1.45 bits per heavy atom. The average molecular weight is 806 g/mol. The molecular formula is C46H41N6O8. The number of hydroxylamine groups is 2. The van der Waals surface area contributed by atoms with E-state index in [1.807, 2.05) is 36.4 Å². The van der Waals surface area contributed by atoms with E-state index in [-0.39, 0.29) is 57.0 Å². The van der Waals surface area contributed by atoms with Crippen LogP contribution in [0.1, 0.15) is 103 Å². The molecule has 5 aromatic carbocycles. The van der Waals surface area contributed by atoms with Crippen molar-refractivity contribution in [1.29, 1.82) is 0 Å². The fraction of sp³-hybridized carbons (Fsp3) is 0.304. The first-order chi connectivity index (χ1) is 28.6. The minimum absolute atomic E-state index is 0.0325. The van der Waals surface area contributed by atoms with Crippen molar-refractivity contribution in [2.24, 2.45) is 0 Å². The molecule has 0 N–H and O–H groups in total. The van der Waals surface area contributed by atoms with Gasteiger partial charge >= 0.3 is 0 Å². The Morgan fingerprint density at radius 2 is 0.950 bits per heavy atom. The number of hydrogen-bond donors (Lipinski definition) is 0. The molecule has 0 aliphatic carbocycles. The minimum atomic E-state index is -0.937. The van der Waals surface area contributed by atoms with Crippen LogP contribution in [0.2, 0.25) is 0 Å². The quantitative estimate of drug-likeness (QED) is 0.191. The van der Waals surface area contributed by atoms with E-state index in [0.717, 1.165) is 35.3 Å². The van der Waals surface area contributed by atoms with Crippen LogP contribution in [-0.2, 0) is 5.21 Å². The molecule has 10 rings (SSSR count). The summed E-state index contributed by atoms with van der Waals surface area (Å²) in [6, 6.07) is 21.7.